The predicted octanol–water partition coefficient (Wildman–Crippen LogP) is 6.10. The third-order valence-corrected chi connectivity index (χ3v) is 6.80. The van der Waals surface area contributed by atoms with E-state index in [-0.39, 0.29) is 17.5 Å². The molecule has 0 aliphatic carbocycles. The number of nitrogen functional groups attached to an aromatic ring is 1. The number of ketones is 1. The van der Waals surface area contributed by atoms with Crippen LogP contribution in [0.15, 0.2) is 42.6 Å². The maximum Gasteiger partial charge on any atom is 0.195 e. The van der Waals surface area contributed by atoms with Gasteiger partial charge in [0.25, 0.3) is 0 Å². The van der Waals surface area contributed by atoms with Gasteiger partial charge in [0.15, 0.2) is 11.6 Å². The first-order chi connectivity index (χ1) is 14.9. The van der Waals surface area contributed by atoms with Crippen LogP contribution in [-0.2, 0) is 4.74 Å². The van der Waals surface area contributed by atoms with Crippen LogP contribution in [0.5, 0.6) is 0 Å². The maximum atomic E-state index is 14.5. The van der Waals surface area contributed by atoms with Crippen LogP contribution in [-0.4, -0.2) is 22.2 Å². The summed E-state index contributed by atoms with van der Waals surface area (Å²) in [5, 5.41) is 7.01. The summed E-state index contributed by atoms with van der Waals surface area (Å²) in [5.74, 6) is -0.764. The van der Waals surface area contributed by atoms with E-state index in [4.69, 9.17) is 22.1 Å². The Labute approximate surface area is 196 Å². The highest BCUT2D eigenvalue weighted by molar-refractivity contribution is 14.1. The lowest BCUT2D eigenvalue weighted by molar-refractivity contribution is -0.0391. The first-order valence-electron chi connectivity index (χ1n) is 9.95. The van der Waals surface area contributed by atoms with Gasteiger partial charge in [0.1, 0.15) is 11.7 Å². The molecule has 1 fully saturated rings. The summed E-state index contributed by atoms with van der Waals surface area (Å²) < 4.78 is 22.8. The third kappa shape index (κ3) is 3.58. The van der Waals surface area contributed by atoms with Crippen molar-refractivity contribution in [2.45, 2.75) is 25.5 Å². The highest BCUT2D eigenvalue weighted by atomic mass is 127. The molecule has 1 saturated heterocycles. The van der Waals surface area contributed by atoms with Gasteiger partial charge in [-0.3, -0.25) is 4.79 Å². The molecule has 0 bridgehead atoms. The number of benzene rings is 3. The van der Waals surface area contributed by atoms with Gasteiger partial charge in [-0.1, -0.05) is 17.7 Å². The number of carbonyl (C=O) groups is 1. The van der Waals surface area contributed by atoms with E-state index >= 15 is 0 Å². The molecule has 0 radical (unpaired) electrons. The zero-order chi connectivity index (χ0) is 21.7. The largest absolute Gasteiger partial charge is 0.398 e. The Hall–Kier alpha value is -2.23. The van der Waals surface area contributed by atoms with Crippen molar-refractivity contribution in [1.29, 1.82) is 0 Å². The van der Waals surface area contributed by atoms with Crippen molar-refractivity contribution >= 4 is 67.3 Å². The van der Waals surface area contributed by atoms with Crippen LogP contribution in [0.4, 0.5) is 10.1 Å². The number of rotatable bonds is 3. The van der Waals surface area contributed by atoms with E-state index < -0.39 is 5.82 Å². The number of anilines is 1. The molecule has 31 heavy (non-hydrogen) atoms. The number of hydrogen-bond donors (Lipinski definition) is 1. The van der Waals surface area contributed by atoms with Gasteiger partial charge in [-0.25, -0.2) is 9.07 Å². The van der Waals surface area contributed by atoms with Gasteiger partial charge in [0.2, 0.25) is 0 Å². The highest BCUT2D eigenvalue weighted by Crippen LogP contribution is 2.34. The maximum absolute atomic E-state index is 14.5. The van der Waals surface area contributed by atoms with Crippen LogP contribution in [0.2, 0.25) is 5.02 Å². The summed E-state index contributed by atoms with van der Waals surface area (Å²) >= 11 is 8.33. The zero-order valence-electron chi connectivity index (χ0n) is 16.4. The fraction of sp³-hybridized carbons (Fsp3) is 0.217. The molecule has 158 valence electrons. The van der Waals surface area contributed by atoms with Gasteiger partial charge in [-0.05, 0) is 77.6 Å². The standard InChI is InChI=1S/C23H18ClFIN3O2/c24-12-4-5-13-15(9-12)21(27)16(10-19(13)26)23(30)14-6-7-18(25)22-17(14)11-29(28-22)20-3-1-2-8-31-20/h4-7,9-11,20H,1-3,8,27H2. The first-order valence-corrected chi connectivity index (χ1v) is 11.4. The molecule has 0 saturated carbocycles. The minimum absolute atomic E-state index is 0.150. The number of carbonyl (C=O) groups excluding carboxylic acids is 1. The molecule has 1 aliphatic heterocycles. The molecule has 2 N–H and O–H groups in total. The second-order valence-electron chi connectivity index (χ2n) is 7.63. The van der Waals surface area contributed by atoms with Gasteiger partial charge < -0.3 is 10.5 Å². The second-order valence-corrected chi connectivity index (χ2v) is 9.22. The van der Waals surface area contributed by atoms with Gasteiger partial charge in [-0.15, -0.1) is 0 Å². The van der Waals surface area contributed by atoms with Crippen LogP contribution in [0.25, 0.3) is 21.7 Å². The molecule has 5 rings (SSSR count). The summed E-state index contributed by atoms with van der Waals surface area (Å²) in [7, 11) is 0. The number of aromatic nitrogens is 2. The summed E-state index contributed by atoms with van der Waals surface area (Å²) in [6.07, 6.45) is 4.26. The molecule has 1 unspecified atom stereocenters. The molecular weight excluding hydrogens is 532 g/mol. The van der Waals surface area contributed by atoms with Crippen molar-refractivity contribution in [2.24, 2.45) is 0 Å². The van der Waals surface area contributed by atoms with Crippen molar-refractivity contribution in [3.8, 4) is 0 Å². The van der Waals surface area contributed by atoms with Gasteiger partial charge in [-0.2, -0.15) is 5.10 Å². The molecule has 5 nitrogen and oxygen atoms in total. The Bertz CT molecular complexity index is 1350. The topological polar surface area (TPSA) is 70.1 Å². The Balaban J connectivity index is 1.66. The van der Waals surface area contributed by atoms with Gasteiger partial charge in [0, 0.05) is 43.3 Å². The molecule has 0 amide bonds. The second kappa shape index (κ2) is 8.03. The van der Waals surface area contributed by atoms with Crippen LogP contribution in [0.1, 0.15) is 41.4 Å². The number of halogens is 3. The van der Waals surface area contributed by atoms with Gasteiger partial charge >= 0.3 is 0 Å². The number of nitrogens with zero attached hydrogens (tertiary/aromatic N) is 2. The van der Waals surface area contributed by atoms with E-state index in [0.717, 1.165) is 28.2 Å². The van der Waals surface area contributed by atoms with E-state index in [0.29, 0.717) is 39.2 Å². The fourth-order valence-electron chi connectivity index (χ4n) is 4.08. The number of nitrogens with two attached hydrogens (primary N) is 1. The Morgan fingerprint density at radius 1 is 1.16 bits per heavy atom. The average Bonchev–Trinajstić information content (AvgIpc) is 3.23. The Kier molecular flexibility index (Phi) is 5.35. The Morgan fingerprint density at radius 3 is 2.77 bits per heavy atom. The zero-order valence-corrected chi connectivity index (χ0v) is 19.3. The number of ether oxygens (including phenoxy) is 1. The monoisotopic (exact) mass is 549 g/mol. The number of fused-ring (bicyclic) bond motifs is 2. The molecule has 1 aliphatic rings. The molecule has 3 aromatic carbocycles. The van der Waals surface area contributed by atoms with E-state index in [1.54, 1.807) is 29.1 Å². The van der Waals surface area contributed by atoms with Crippen molar-refractivity contribution < 1.29 is 13.9 Å². The lowest BCUT2D eigenvalue weighted by Crippen LogP contribution is -2.18. The minimum atomic E-state index is -0.478. The molecule has 4 aromatic rings. The molecule has 8 heteroatoms. The fourth-order valence-corrected chi connectivity index (χ4v) is 5.03. The van der Waals surface area contributed by atoms with Crippen molar-refractivity contribution in [3.63, 3.8) is 0 Å². The van der Waals surface area contributed by atoms with E-state index in [9.17, 15) is 9.18 Å². The van der Waals surface area contributed by atoms with Crippen molar-refractivity contribution in [3.05, 3.63) is 68.1 Å². The lowest BCUT2D eigenvalue weighted by atomic mass is 9.96. The van der Waals surface area contributed by atoms with Crippen molar-refractivity contribution in [1.82, 2.24) is 9.78 Å². The van der Waals surface area contributed by atoms with Crippen molar-refractivity contribution in [2.75, 3.05) is 12.3 Å². The minimum Gasteiger partial charge on any atom is -0.398 e. The van der Waals surface area contributed by atoms with E-state index in [1.807, 2.05) is 6.07 Å². The molecule has 1 aromatic heterocycles. The third-order valence-electron chi connectivity index (χ3n) is 5.67. The highest BCUT2D eigenvalue weighted by Gasteiger charge is 2.23. The summed E-state index contributed by atoms with van der Waals surface area (Å²) in [6, 6.07) is 9.95. The lowest BCUT2D eigenvalue weighted by Gasteiger charge is -2.22. The normalized spacial score (nSPS) is 16.8. The quantitative estimate of drug-likeness (QED) is 0.191. The summed E-state index contributed by atoms with van der Waals surface area (Å²) in [4.78, 5) is 13.6. The smallest absolute Gasteiger partial charge is 0.195 e. The first kappa shape index (κ1) is 20.7. The van der Waals surface area contributed by atoms with Crippen LogP contribution >= 0.6 is 34.2 Å². The molecule has 2 heterocycles. The molecule has 1 atom stereocenters. The average molecular weight is 550 g/mol. The van der Waals surface area contributed by atoms with E-state index in [1.165, 1.54) is 12.1 Å². The van der Waals surface area contributed by atoms with Crippen LogP contribution < -0.4 is 5.73 Å². The van der Waals surface area contributed by atoms with E-state index in [2.05, 4.69) is 27.7 Å². The Morgan fingerprint density at radius 2 is 2.00 bits per heavy atom. The van der Waals surface area contributed by atoms with Gasteiger partial charge in [0.05, 0.1) is 5.69 Å². The summed E-state index contributed by atoms with van der Waals surface area (Å²) in [6.45, 7) is 0.643. The molecule has 0 spiro atoms. The predicted molar refractivity (Wildman–Crippen MR) is 128 cm³/mol. The van der Waals surface area contributed by atoms with Crippen LogP contribution in [0, 0.1) is 9.39 Å². The summed E-state index contributed by atoms with van der Waals surface area (Å²) in [5.41, 5.74) is 7.60. The number of hydrogen-bond acceptors (Lipinski definition) is 4. The molecular formula is C23H18ClFIN3O2. The van der Waals surface area contributed by atoms with Crippen LogP contribution in [0.3, 0.4) is 0 Å². The SMILES string of the molecule is Nc1c(C(=O)c2ccc(F)c3nn(C4CCCCO4)cc23)cc(I)c2ccc(Cl)cc12.